The van der Waals surface area contributed by atoms with Crippen LogP contribution < -0.4 is 0 Å². The van der Waals surface area contributed by atoms with Gasteiger partial charge in [-0.25, -0.2) is 4.79 Å². The number of rotatable bonds is 3. The average Bonchev–Trinajstić information content (AvgIpc) is 2.63. The second-order valence-electron chi connectivity index (χ2n) is 5.99. The Morgan fingerprint density at radius 2 is 2.18 bits per heavy atom. The number of nitrogens with zero attached hydrogens (tertiary/aromatic N) is 1. The van der Waals surface area contributed by atoms with Crippen molar-refractivity contribution in [3.63, 3.8) is 0 Å². The third-order valence-electron chi connectivity index (χ3n) is 2.99. The first-order chi connectivity index (χ1) is 7.83. The van der Waals surface area contributed by atoms with E-state index < -0.39 is 5.60 Å². The predicted octanol–water partition coefficient (Wildman–Crippen LogP) is 2.40. The smallest absolute Gasteiger partial charge is 0.410 e. The third kappa shape index (κ3) is 4.54. The van der Waals surface area contributed by atoms with Crippen molar-refractivity contribution >= 4 is 6.09 Å². The summed E-state index contributed by atoms with van der Waals surface area (Å²) < 4.78 is 5.39. The quantitative estimate of drug-likeness (QED) is 0.828. The van der Waals surface area contributed by atoms with Crippen LogP contribution >= 0.6 is 0 Å². The molecule has 0 aromatic heterocycles. The van der Waals surface area contributed by atoms with Crippen LogP contribution in [0.15, 0.2) is 0 Å². The highest BCUT2D eigenvalue weighted by molar-refractivity contribution is 5.68. The predicted molar refractivity (Wildman–Crippen MR) is 66.8 cm³/mol. The van der Waals surface area contributed by atoms with Crippen LogP contribution in [0, 0.1) is 5.92 Å². The molecule has 100 valence electrons. The molecule has 1 amide bonds. The molecule has 1 aliphatic heterocycles. The Labute approximate surface area is 104 Å². The van der Waals surface area contributed by atoms with Crippen LogP contribution in [0.2, 0.25) is 0 Å². The highest BCUT2D eigenvalue weighted by atomic mass is 16.6. The minimum Gasteiger partial charge on any atom is -0.444 e. The number of likely N-dealkylation sites (tertiary alicyclic amines) is 1. The van der Waals surface area contributed by atoms with Crippen LogP contribution in [0.1, 0.15) is 47.0 Å². The van der Waals surface area contributed by atoms with Crippen LogP contribution in [-0.2, 0) is 4.74 Å². The molecule has 0 aromatic carbocycles. The minimum atomic E-state index is -0.438. The van der Waals surface area contributed by atoms with Gasteiger partial charge in [0, 0.05) is 19.2 Å². The molecule has 1 heterocycles. The molecule has 0 aromatic rings. The van der Waals surface area contributed by atoms with E-state index in [0.717, 1.165) is 25.8 Å². The first-order valence-electron chi connectivity index (χ1n) is 6.44. The van der Waals surface area contributed by atoms with Crippen molar-refractivity contribution in [2.75, 3.05) is 13.2 Å². The molecule has 0 bridgehead atoms. The van der Waals surface area contributed by atoms with E-state index in [2.05, 4.69) is 0 Å². The largest absolute Gasteiger partial charge is 0.444 e. The molecule has 1 N–H and O–H groups in total. The Hall–Kier alpha value is -0.770. The summed E-state index contributed by atoms with van der Waals surface area (Å²) in [6, 6.07) is 0.229. The number of aliphatic hydroxyl groups is 1. The van der Waals surface area contributed by atoms with E-state index >= 15 is 0 Å². The van der Waals surface area contributed by atoms with Gasteiger partial charge >= 0.3 is 6.09 Å². The molecule has 1 fully saturated rings. The van der Waals surface area contributed by atoms with Crippen molar-refractivity contribution in [2.45, 2.75) is 58.6 Å². The van der Waals surface area contributed by atoms with Crippen LogP contribution in [0.5, 0.6) is 0 Å². The van der Waals surface area contributed by atoms with Gasteiger partial charge in [-0.15, -0.1) is 0 Å². The summed E-state index contributed by atoms with van der Waals surface area (Å²) in [5.74, 6) is 0.239. The maximum atomic E-state index is 12.0. The maximum Gasteiger partial charge on any atom is 0.410 e. The summed E-state index contributed by atoms with van der Waals surface area (Å²) in [4.78, 5) is 13.8. The summed E-state index contributed by atoms with van der Waals surface area (Å²) in [6.45, 7) is 8.60. The van der Waals surface area contributed by atoms with Crippen molar-refractivity contribution in [3.05, 3.63) is 0 Å². The zero-order valence-electron chi connectivity index (χ0n) is 11.4. The molecule has 0 spiro atoms. The molecular formula is C13H25NO3. The Balaban J connectivity index is 2.54. The van der Waals surface area contributed by atoms with Gasteiger partial charge in [0.25, 0.3) is 0 Å². The summed E-state index contributed by atoms with van der Waals surface area (Å²) in [5, 5.41) is 9.07. The van der Waals surface area contributed by atoms with Crippen molar-refractivity contribution in [1.82, 2.24) is 4.90 Å². The molecule has 1 saturated heterocycles. The Morgan fingerprint density at radius 1 is 1.53 bits per heavy atom. The molecule has 4 heteroatoms. The first kappa shape index (κ1) is 14.3. The topological polar surface area (TPSA) is 49.8 Å². The van der Waals surface area contributed by atoms with Crippen molar-refractivity contribution in [1.29, 1.82) is 0 Å². The average molecular weight is 243 g/mol. The fourth-order valence-corrected chi connectivity index (χ4v) is 2.18. The van der Waals surface area contributed by atoms with Gasteiger partial charge in [-0.2, -0.15) is 0 Å². The first-order valence-corrected chi connectivity index (χ1v) is 6.44. The monoisotopic (exact) mass is 243 g/mol. The number of carbonyl (C=O) groups excluding carboxylic acids is 1. The number of carbonyl (C=O) groups is 1. The molecule has 1 aliphatic rings. The lowest BCUT2D eigenvalue weighted by Crippen LogP contribution is -2.40. The van der Waals surface area contributed by atoms with Crippen molar-refractivity contribution < 1.29 is 14.6 Å². The lowest BCUT2D eigenvalue weighted by atomic mass is 10.0. The van der Waals surface area contributed by atoms with E-state index in [1.54, 1.807) is 0 Å². The second-order valence-corrected chi connectivity index (χ2v) is 5.99. The van der Waals surface area contributed by atoms with Gasteiger partial charge in [0.2, 0.25) is 0 Å². The fraction of sp³-hybridized carbons (Fsp3) is 0.923. The van der Waals surface area contributed by atoms with E-state index in [9.17, 15) is 4.79 Å². The van der Waals surface area contributed by atoms with Gasteiger partial charge in [-0.1, -0.05) is 6.92 Å². The van der Waals surface area contributed by atoms with E-state index in [4.69, 9.17) is 9.84 Å². The number of amides is 1. The lowest BCUT2D eigenvalue weighted by Gasteiger charge is -2.29. The molecule has 4 nitrogen and oxygen atoms in total. The van der Waals surface area contributed by atoms with E-state index in [-0.39, 0.29) is 24.7 Å². The van der Waals surface area contributed by atoms with Gasteiger partial charge in [0.15, 0.2) is 0 Å². The van der Waals surface area contributed by atoms with Crippen LogP contribution in [0.3, 0.4) is 0 Å². The van der Waals surface area contributed by atoms with Crippen LogP contribution in [-0.4, -0.2) is 40.9 Å². The number of aliphatic hydroxyl groups excluding tert-OH is 1. The Bertz CT molecular complexity index is 260. The van der Waals surface area contributed by atoms with Gasteiger partial charge in [-0.3, -0.25) is 0 Å². The molecule has 0 unspecified atom stereocenters. The molecule has 0 radical (unpaired) electrons. The SMILES string of the molecule is C[C@@H](CO)C[C@@H]1CCCN1C(=O)OC(C)(C)C. The van der Waals surface area contributed by atoms with E-state index in [0.29, 0.717) is 0 Å². The van der Waals surface area contributed by atoms with Gasteiger partial charge in [0.1, 0.15) is 5.60 Å². The fourth-order valence-electron chi connectivity index (χ4n) is 2.18. The molecule has 17 heavy (non-hydrogen) atoms. The number of ether oxygens (including phenoxy) is 1. The van der Waals surface area contributed by atoms with Crippen molar-refractivity contribution in [3.8, 4) is 0 Å². The lowest BCUT2D eigenvalue weighted by molar-refractivity contribution is 0.0202. The number of hydrogen-bond acceptors (Lipinski definition) is 3. The van der Waals surface area contributed by atoms with Crippen LogP contribution in [0.4, 0.5) is 4.79 Å². The van der Waals surface area contributed by atoms with Crippen molar-refractivity contribution in [2.24, 2.45) is 5.92 Å². The van der Waals surface area contributed by atoms with E-state index in [1.165, 1.54) is 0 Å². The summed E-state index contributed by atoms with van der Waals surface area (Å²) in [7, 11) is 0. The highest BCUT2D eigenvalue weighted by Gasteiger charge is 2.32. The molecule has 0 aliphatic carbocycles. The van der Waals surface area contributed by atoms with Gasteiger partial charge in [-0.05, 0) is 46.0 Å². The zero-order chi connectivity index (χ0) is 13.1. The second kappa shape index (κ2) is 5.71. The molecule has 2 atom stereocenters. The standard InChI is InChI=1S/C13H25NO3/c1-10(9-15)8-11-6-5-7-14(11)12(16)17-13(2,3)4/h10-11,15H,5-9H2,1-4H3/t10-,11+/m1/s1. The normalized spacial score (nSPS) is 22.6. The molecular weight excluding hydrogens is 218 g/mol. The van der Waals surface area contributed by atoms with Gasteiger partial charge < -0.3 is 14.7 Å². The number of hydrogen-bond donors (Lipinski definition) is 1. The third-order valence-corrected chi connectivity index (χ3v) is 2.99. The van der Waals surface area contributed by atoms with E-state index in [1.807, 2.05) is 32.6 Å². The summed E-state index contributed by atoms with van der Waals surface area (Å²) in [6.07, 6.45) is 2.69. The minimum absolute atomic E-state index is 0.179. The zero-order valence-corrected chi connectivity index (χ0v) is 11.4. The molecule has 1 rings (SSSR count). The maximum absolute atomic E-state index is 12.0. The highest BCUT2D eigenvalue weighted by Crippen LogP contribution is 2.25. The Morgan fingerprint density at radius 3 is 2.71 bits per heavy atom. The summed E-state index contributed by atoms with van der Waals surface area (Å²) >= 11 is 0. The van der Waals surface area contributed by atoms with Gasteiger partial charge in [0.05, 0.1) is 0 Å². The summed E-state index contributed by atoms with van der Waals surface area (Å²) in [5.41, 5.74) is -0.438. The molecule has 0 saturated carbocycles. The van der Waals surface area contributed by atoms with Crippen LogP contribution in [0.25, 0.3) is 0 Å². The Kier molecular flexibility index (Phi) is 4.80.